The summed E-state index contributed by atoms with van der Waals surface area (Å²) in [6, 6.07) is 17.0. The van der Waals surface area contributed by atoms with Gasteiger partial charge in [0, 0.05) is 5.39 Å². The van der Waals surface area contributed by atoms with Crippen LogP contribution >= 0.6 is 0 Å². The highest BCUT2D eigenvalue weighted by molar-refractivity contribution is 7.90. The van der Waals surface area contributed by atoms with Crippen LogP contribution in [0.15, 0.2) is 75.2 Å². The first kappa shape index (κ1) is 15.2. The molecule has 0 unspecified atom stereocenters. The smallest absolute Gasteiger partial charge is 0.304 e. The summed E-state index contributed by atoms with van der Waals surface area (Å²) in [5.74, 6) is -0.340. The molecule has 0 aromatic heterocycles. The molecule has 0 aliphatic rings. The molecule has 0 aliphatic carbocycles. The number of phenols is 1. The fourth-order valence-corrected chi connectivity index (χ4v) is 3.39. The summed E-state index contributed by atoms with van der Waals surface area (Å²) in [6.45, 7) is 1.82. The maximum absolute atomic E-state index is 12.5. The van der Waals surface area contributed by atoms with Crippen molar-refractivity contribution in [1.82, 2.24) is 0 Å². The molecule has 3 aromatic rings. The molecule has 0 atom stereocenters. The third-order valence-electron chi connectivity index (χ3n) is 3.49. The van der Waals surface area contributed by atoms with Crippen molar-refractivity contribution in [3.8, 4) is 5.75 Å². The number of hydrogen-bond acceptors (Lipinski definition) is 4. The SMILES string of the molecule is Cc1ccccc1N=NS(=O)(=O)c1c(O)ccc2ccccc12. The molecule has 0 saturated heterocycles. The lowest BCUT2D eigenvalue weighted by molar-refractivity contribution is 0.460. The first-order valence-electron chi connectivity index (χ1n) is 6.93. The number of fused-ring (bicyclic) bond motifs is 1. The van der Waals surface area contributed by atoms with Crippen LogP contribution in [0.2, 0.25) is 0 Å². The number of rotatable bonds is 3. The van der Waals surface area contributed by atoms with Crippen molar-refractivity contribution in [2.45, 2.75) is 11.8 Å². The zero-order valence-corrected chi connectivity index (χ0v) is 13.2. The molecule has 0 radical (unpaired) electrons. The minimum absolute atomic E-state index is 0.229. The van der Waals surface area contributed by atoms with Crippen LogP contribution in [-0.4, -0.2) is 13.5 Å². The fraction of sp³-hybridized carbons (Fsp3) is 0.0588. The van der Waals surface area contributed by atoms with Gasteiger partial charge >= 0.3 is 10.0 Å². The Labute approximate surface area is 134 Å². The molecular formula is C17H14N2O3S. The van der Waals surface area contributed by atoms with E-state index in [1.807, 2.05) is 19.1 Å². The van der Waals surface area contributed by atoms with E-state index in [0.29, 0.717) is 16.5 Å². The van der Waals surface area contributed by atoms with Crippen molar-refractivity contribution in [3.05, 3.63) is 66.2 Å². The van der Waals surface area contributed by atoms with Gasteiger partial charge in [-0.2, -0.15) is 8.42 Å². The minimum Gasteiger partial charge on any atom is -0.506 e. The van der Waals surface area contributed by atoms with Crippen LogP contribution in [0.25, 0.3) is 10.8 Å². The summed E-state index contributed by atoms with van der Waals surface area (Å²) in [7, 11) is -4.12. The number of sulfonamides is 1. The Morgan fingerprint density at radius 2 is 1.61 bits per heavy atom. The average molecular weight is 326 g/mol. The number of nitrogens with zero attached hydrogens (tertiary/aromatic N) is 2. The molecule has 23 heavy (non-hydrogen) atoms. The van der Waals surface area contributed by atoms with E-state index in [1.165, 1.54) is 6.07 Å². The maximum Gasteiger partial charge on any atom is 0.304 e. The fourth-order valence-electron chi connectivity index (χ4n) is 2.32. The predicted octanol–water partition coefficient (Wildman–Crippen LogP) is 4.33. The van der Waals surface area contributed by atoms with Crippen LogP contribution in [-0.2, 0) is 10.0 Å². The van der Waals surface area contributed by atoms with Crippen molar-refractivity contribution >= 4 is 26.5 Å². The highest BCUT2D eigenvalue weighted by atomic mass is 32.2. The Bertz CT molecular complexity index is 1010. The zero-order valence-electron chi connectivity index (χ0n) is 12.3. The molecule has 0 heterocycles. The topological polar surface area (TPSA) is 79.1 Å². The molecule has 116 valence electrons. The lowest BCUT2D eigenvalue weighted by Crippen LogP contribution is -1.98. The second-order valence-corrected chi connectivity index (χ2v) is 6.60. The maximum atomic E-state index is 12.5. The van der Waals surface area contributed by atoms with Crippen LogP contribution in [0, 0.1) is 6.92 Å². The molecule has 0 spiro atoms. The van der Waals surface area contributed by atoms with E-state index in [4.69, 9.17) is 0 Å². The first-order valence-corrected chi connectivity index (χ1v) is 8.37. The predicted molar refractivity (Wildman–Crippen MR) is 88.5 cm³/mol. The second-order valence-electron chi connectivity index (χ2n) is 5.08. The van der Waals surface area contributed by atoms with Gasteiger partial charge in [-0.3, -0.25) is 0 Å². The number of phenolic OH excluding ortho intramolecular Hbond substituents is 1. The van der Waals surface area contributed by atoms with Crippen molar-refractivity contribution in [3.63, 3.8) is 0 Å². The number of benzene rings is 3. The summed E-state index contributed by atoms with van der Waals surface area (Å²) < 4.78 is 28.6. The van der Waals surface area contributed by atoms with Crippen LogP contribution in [0.4, 0.5) is 5.69 Å². The quantitative estimate of drug-likeness (QED) is 0.728. The number of hydrogen-bond donors (Lipinski definition) is 1. The Hall–Kier alpha value is -2.73. The molecule has 3 aromatic carbocycles. The molecular weight excluding hydrogens is 312 g/mol. The third kappa shape index (κ3) is 2.93. The Morgan fingerprint density at radius 1 is 0.913 bits per heavy atom. The van der Waals surface area contributed by atoms with E-state index < -0.39 is 10.0 Å². The zero-order chi connectivity index (χ0) is 16.4. The summed E-state index contributed by atoms with van der Waals surface area (Å²) in [4.78, 5) is -0.229. The molecule has 6 heteroatoms. The van der Waals surface area contributed by atoms with E-state index in [-0.39, 0.29) is 10.6 Å². The van der Waals surface area contributed by atoms with Crippen molar-refractivity contribution in [2.75, 3.05) is 0 Å². The van der Waals surface area contributed by atoms with Crippen LogP contribution in [0.5, 0.6) is 5.75 Å². The highest BCUT2D eigenvalue weighted by Crippen LogP contribution is 2.33. The van der Waals surface area contributed by atoms with Gasteiger partial charge in [-0.15, -0.1) is 5.11 Å². The minimum atomic E-state index is -4.12. The van der Waals surface area contributed by atoms with Gasteiger partial charge in [-0.1, -0.05) is 53.1 Å². The molecule has 0 amide bonds. The molecule has 0 bridgehead atoms. The molecule has 0 aliphatic heterocycles. The van der Waals surface area contributed by atoms with Gasteiger partial charge in [0.25, 0.3) is 0 Å². The van der Waals surface area contributed by atoms with Crippen LogP contribution in [0.1, 0.15) is 5.56 Å². The van der Waals surface area contributed by atoms with Gasteiger partial charge in [0.15, 0.2) is 0 Å². The van der Waals surface area contributed by atoms with Gasteiger partial charge in [0.1, 0.15) is 10.6 Å². The molecule has 0 fully saturated rings. The van der Waals surface area contributed by atoms with E-state index >= 15 is 0 Å². The van der Waals surface area contributed by atoms with Crippen LogP contribution < -0.4 is 0 Å². The lowest BCUT2D eigenvalue weighted by Gasteiger charge is -2.06. The van der Waals surface area contributed by atoms with Gasteiger partial charge in [-0.05, 0) is 30.0 Å². The summed E-state index contributed by atoms with van der Waals surface area (Å²) in [6.07, 6.45) is 0. The standard InChI is InChI=1S/C17H14N2O3S/c1-12-6-2-5-9-15(12)18-19-23(21,22)17-14-8-4-3-7-13(14)10-11-16(17)20/h2-11,20H,1H3. The molecule has 1 N–H and O–H groups in total. The second kappa shape index (κ2) is 5.81. The Kier molecular flexibility index (Phi) is 3.83. The number of aryl methyl sites for hydroxylation is 1. The van der Waals surface area contributed by atoms with Gasteiger partial charge in [0.2, 0.25) is 0 Å². The first-order chi connectivity index (χ1) is 11.0. The summed E-state index contributed by atoms with van der Waals surface area (Å²) in [5.41, 5.74) is 1.28. The Balaban J connectivity index is 2.14. The van der Waals surface area contributed by atoms with Gasteiger partial charge in [-0.25, -0.2) is 0 Å². The van der Waals surface area contributed by atoms with Crippen molar-refractivity contribution in [1.29, 1.82) is 0 Å². The number of aromatic hydroxyl groups is 1. The lowest BCUT2D eigenvalue weighted by atomic mass is 10.1. The summed E-state index contributed by atoms with van der Waals surface area (Å²) >= 11 is 0. The van der Waals surface area contributed by atoms with Crippen molar-refractivity contribution in [2.24, 2.45) is 9.63 Å². The third-order valence-corrected chi connectivity index (χ3v) is 4.73. The van der Waals surface area contributed by atoms with Crippen LogP contribution in [0.3, 0.4) is 0 Å². The molecule has 0 saturated carbocycles. The summed E-state index contributed by atoms with van der Waals surface area (Å²) in [5, 5.41) is 15.0. The monoisotopic (exact) mass is 326 g/mol. The molecule has 3 rings (SSSR count). The van der Waals surface area contributed by atoms with E-state index in [1.54, 1.807) is 42.5 Å². The average Bonchev–Trinajstić information content (AvgIpc) is 2.53. The van der Waals surface area contributed by atoms with E-state index in [0.717, 1.165) is 5.56 Å². The van der Waals surface area contributed by atoms with Gasteiger partial charge in [0.05, 0.1) is 5.69 Å². The van der Waals surface area contributed by atoms with Gasteiger partial charge < -0.3 is 5.11 Å². The van der Waals surface area contributed by atoms with E-state index in [2.05, 4.69) is 9.63 Å². The van der Waals surface area contributed by atoms with E-state index in [9.17, 15) is 13.5 Å². The highest BCUT2D eigenvalue weighted by Gasteiger charge is 2.21. The molecule has 5 nitrogen and oxygen atoms in total. The largest absolute Gasteiger partial charge is 0.506 e. The Morgan fingerprint density at radius 3 is 2.39 bits per heavy atom. The normalized spacial score (nSPS) is 12.0. The van der Waals surface area contributed by atoms with Crippen molar-refractivity contribution < 1.29 is 13.5 Å².